The Hall–Kier alpha value is -4.47. The van der Waals surface area contributed by atoms with E-state index in [0.717, 1.165) is 16.9 Å². The first-order valence-corrected chi connectivity index (χ1v) is 14.9. The van der Waals surface area contributed by atoms with Crippen molar-refractivity contribution in [2.45, 2.75) is 39.5 Å². The number of fused-ring (bicyclic) bond motifs is 2. The summed E-state index contributed by atoms with van der Waals surface area (Å²) in [4.78, 5) is 48.6. The molecule has 0 saturated carbocycles. The van der Waals surface area contributed by atoms with E-state index in [0.29, 0.717) is 43.7 Å². The van der Waals surface area contributed by atoms with E-state index >= 15 is 0 Å². The van der Waals surface area contributed by atoms with Gasteiger partial charge in [0.05, 0.1) is 48.3 Å². The summed E-state index contributed by atoms with van der Waals surface area (Å²) >= 11 is 7.58. The van der Waals surface area contributed by atoms with Crippen LogP contribution < -0.4 is 24.5 Å². The molecule has 0 fully saturated rings. The molecule has 0 spiro atoms. The monoisotopic (exact) mass is 613 g/mol. The number of benzene rings is 3. The average molecular weight is 614 g/mol. The van der Waals surface area contributed by atoms with Crippen molar-refractivity contribution >= 4 is 46.1 Å². The summed E-state index contributed by atoms with van der Waals surface area (Å²) < 4.78 is 12.7. The molecule has 218 valence electrons. The molecule has 6 rings (SSSR count). The zero-order valence-corrected chi connectivity index (χ0v) is 25.5. The minimum absolute atomic E-state index is 0.246. The van der Waals surface area contributed by atoms with Crippen molar-refractivity contribution in [1.82, 2.24) is 4.57 Å². The van der Waals surface area contributed by atoms with E-state index in [1.54, 1.807) is 51.0 Å². The largest absolute Gasteiger partial charge is 0.497 e. The second kappa shape index (κ2) is 11.3. The van der Waals surface area contributed by atoms with Crippen LogP contribution in [0.2, 0.25) is 5.02 Å². The Kier molecular flexibility index (Phi) is 7.54. The lowest BCUT2D eigenvalue weighted by molar-refractivity contribution is -0.143. The van der Waals surface area contributed by atoms with Gasteiger partial charge in [-0.1, -0.05) is 71.5 Å². The lowest BCUT2D eigenvalue weighted by atomic mass is 9.95. The smallest absolute Gasteiger partial charge is 0.338 e. The number of aromatic nitrogens is 1. The topological polar surface area (TPSA) is 90.2 Å². The van der Waals surface area contributed by atoms with Gasteiger partial charge in [-0.3, -0.25) is 14.2 Å². The first kappa shape index (κ1) is 28.6. The van der Waals surface area contributed by atoms with Gasteiger partial charge in [-0.25, -0.2) is 9.79 Å². The van der Waals surface area contributed by atoms with Gasteiger partial charge < -0.3 is 14.4 Å². The maximum atomic E-state index is 14.4. The van der Waals surface area contributed by atoms with Crippen LogP contribution in [0.4, 0.5) is 5.69 Å². The Morgan fingerprint density at radius 1 is 1.02 bits per heavy atom. The van der Waals surface area contributed by atoms with E-state index in [1.165, 1.54) is 4.57 Å². The fraction of sp³-hybridized carbons (Fsp3) is 0.212. The van der Waals surface area contributed by atoms with Crippen LogP contribution in [0, 0.1) is 0 Å². The fourth-order valence-electron chi connectivity index (χ4n) is 5.47. The van der Waals surface area contributed by atoms with Crippen molar-refractivity contribution in [3.8, 4) is 5.75 Å². The number of methoxy groups -OCH3 is 1. The number of halogens is 1. The Morgan fingerprint density at radius 2 is 1.72 bits per heavy atom. The highest BCUT2D eigenvalue weighted by Crippen LogP contribution is 2.37. The van der Waals surface area contributed by atoms with Crippen LogP contribution in [-0.4, -0.2) is 29.7 Å². The quantitative estimate of drug-likeness (QED) is 0.292. The average Bonchev–Trinajstić information content (AvgIpc) is 3.45. The van der Waals surface area contributed by atoms with Crippen LogP contribution in [0.5, 0.6) is 5.75 Å². The molecule has 0 aliphatic carbocycles. The summed E-state index contributed by atoms with van der Waals surface area (Å²) in [6, 6.07) is 21.1. The van der Waals surface area contributed by atoms with Crippen LogP contribution >= 0.6 is 22.9 Å². The first-order chi connectivity index (χ1) is 20.7. The van der Waals surface area contributed by atoms with E-state index in [9.17, 15) is 14.4 Å². The maximum Gasteiger partial charge on any atom is 0.338 e. The Bertz CT molecular complexity index is 1990. The number of anilines is 1. The molecule has 2 aliphatic heterocycles. The van der Waals surface area contributed by atoms with E-state index in [-0.39, 0.29) is 28.7 Å². The fourth-order valence-corrected chi connectivity index (χ4v) is 6.80. The number of rotatable bonds is 6. The number of carbonyl (C=O) groups excluding carboxylic acids is 2. The van der Waals surface area contributed by atoms with Crippen molar-refractivity contribution in [3.63, 3.8) is 0 Å². The molecular weight excluding hydrogens is 586 g/mol. The molecule has 0 bridgehead atoms. The number of hydrogen-bond donors (Lipinski definition) is 0. The van der Waals surface area contributed by atoms with Gasteiger partial charge in [-0.05, 0) is 56.2 Å². The van der Waals surface area contributed by atoms with Gasteiger partial charge >= 0.3 is 5.97 Å². The van der Waals surface area contributed by atoms with Crippen LogP contribution in [-0.2, 0) is 20.9 Å². The van der Waals surface area contributed by atoms with Gasteiger partial charge in [0, 0.05) is 10.6 Å². The highest BCUT2D eigenvalue weighted by Gasteiger charge is 2.37. The third-order valence-corrected chi connectivity index (χ3v) is 8.85. The lowest BCUT2D eigenvalue weighted by Gasteiger charge is -2.25. The molecule has 43 heavy (non-hydrogen) atoms. The maximum absolute atomic E-state index is 14.4. The standard InChI is InChI=1S/C33H28ClN3O5S/c1-18(2)42-32(40)26-19(3)35-33-37(28(26)20-13-15-22(41-4)16-14-20)31(39)29(43-33)27-23-10-6-8-12-25(23)36(30(27)38)17-21-9-5-7-11-24(21)34/h5-16,18,28H,17H2,1-4H3/b29-27+. The van der Waals surface area contributed by atoms with E-state index in [2.05, 4.69) is 4.99 Å². The van der Waals surface area contributed by atoms with Crippen LogP contribution in [0.3, 0.4) is 0 Å². The van der Waals surface area contributed by atoms with Crippen molar-refractivity contribution in [3.05, 3.63) is 125 Å². The number of amides is 1. The van der Waals surface area contributed by atoms with Gasteiger partial charge in [0.2, 0.25) is 0 Å². The molecule has 3 aromatic carbocycles. The second-order valence-electron chi connectivity index (χ2n) is 10.5. The van der Waals surface area contributed by atoms with E-state index in [4.69, 9.17) is 21.1 Å². The highest BCUT2D eigenvalue weighted by molar-refractivity contribution is 7.07. The summed E-state index contributed by atoms with van der Waals surface area (Å²) in [5.74, 6) is -0.220. The third-order valence-electron chi connectivity index (χ3n) is 7.43. The molecular formula is C33H28ClN3O5S. The van der Waals surface area contributed by atoms with Crippen LogP contribution in [0.25, 0.3) is 5.57 Å². The second-order valence-corrected chi connectivity index (χ2v) is 11.9. The Balaban J connectivity index is 1.57. The first-order valence-electron chi connectivity index (χ1n) is 13.7. The SMILES string of the molecule is COc1ccc(C2C(C(=O)OC(C)C)=C(C)N=c3s/c(=C4/C(=O)N(Cc5ccccc5Cl)c5ccccc54)c(=O)n32)cc1. The van der Waals surface area contributed by atoms with E-state index in [1.807, 2.05) is 54.6 Å². The third kappa shape index (κ3) is 4.98. The molecule has 8 nitrogen and oxygen atoms in total. The summed E-state index contributed by atoms with van der Waals surface area (Å²) in [5.41, 5.74) is 3.42. The minimum Gasteiger partial charge on any atom is -0.497 e. The zero-order chi connectivity index (χ0) is 30.4. The normalized spacial score (nSPS) is 17.1. The highest BCUT2D eigenvalue weighted by atomic mass is 35.5. The number of esters is 1. The van der Waals surface area contributed by atoms with Gasteiger partial charge in [-0.15, -0.1) is 0 Å². The minimum atomic E-state index is -0.811. The molecule has 1 amide bonds. The van der Waals surface area contributed by atoms with Crippen molar-refractivity contribution < 1.29 is 19.1 Å². The number of hydrogen-bond acceptors (Lipinski definition) is 7. The number of thiazole rings is 1. The van der Waals surface area contributed by atoms with Crippen LogP contribution in [0.15, 0.2) is 93.9 Å². The lowest BCUT2D eigenvalue weighted by Crippen LogP contribution is -2.41. The number of nitrogens with zero attached hydrogens (tertiary/aromatic N) is 3. The van der Waals surface area contributed by atoms with Gasteiger partial charge in [0.1, 0.15) is 10.3 Å². The number of para-hydroxylation sites is 1. The van der Waals surface area contributed by atoms with Gasteiger partial charge in [0.25, 0.3) is 11.5 Å². The zero-order valence-electron chi connectivity index (χ0n) is 24.0. The summed E-state index contributed by atoms with van der Waals surface area (Å²) in [5, 5.41) is 0.552. The predicted octanol–water partition coefficient (Wildman–Crippen LogP) is 4.77. The molecule has 2 aliphatic rings. The Labute approximate surface area is 256 Å². The summed E-state index contributed by atoms with van der Waals surface area (Å²) in [6.07, 6.45) is -0.368. The molecule has 0 radical (unpaired) electrons. The molecule has 0 saturated heterocycles. The van der Waals surface area contributed by atoms with E-state index < -0.39 is 17.6 Å². The molecule has 0 N–H and O–H groups in total. The van der Waals surface area contributed by atoms with Gasteiger partial charge in [0.15, 0.2) is 4.80 Å². The van der Waals surface area contributed by atoms with Crippen molar-refractivity contribution in [2.75, 3.05) is 12.0 Å². The number of ether oxygens (including phenoxy) is 2. The van der Waals surface area contributed by atoms with Gasteiger partial charge in [-0.2, -0.15) is 0 Å². The molecule has 1 unspecified atom stereocenters. The number of carbonyl (C=O) groups is 2. The number of allylic oxidation sites excluding steroid dienone is 1. The predicted molar refractivity (Wildman–Crippen MR) is 166 cm³/mol. The molecule has 10 heteroatoms. The van der Waals surface area contributed by atoms with Crippen molar-refractivity contribution in [2.24, 2.45) is 4.99 Å². The molecule has 3 heterocycles. The summed E-state index contributed by atoms with van der Waals surface area (Å²) in [6.45, 7) is 5.51. The van der Waals surface area contributed by atoms with Crippen LogP contribution in [0.1, 0.15) is 43.5 Å². The van der Waals surface area contributed by atoms with Crippen molar-refractivity contribution in [1.29, 1.82) is 0 Å². The molecule has 4 aromatic rings. The molecule has 1 aromatic heterocycles. The summed E-state index contributed by atoms with van der Waals surface area (Å²) in [7, 11) is 1.57. The molecule has 1 atom stereocenters. The Morgan fingerprint density at radius 3 is 2.42 bits per heavy atom.